The van der Waals surface area contributed by atoms with Crippen LogP contribution in [0.1, 0.15) is 54.4 Å². The number of carbonyl (C=O) groups excluding carboxylic acids is 1. The molecule has 0 heterocycles. The van der Waals surface area contributed by atoms with Gasteiger partial charge in [-0.15, -0.1) is 0 Å². The molecule has 0 saturated carbocycles. The van der Waals surface area contributed by atoms with Gasteiger partial charge in [0.05, 0.1) is 12.6 Å². The summed E-state index contributed by atoms with van der Waals surface area (Å²) in [6.45, 7) is 12.1. The molecule has 2 aromatic carbocycles. The Kier molecular flexibility index (Phi) is 8.86. The van der Waals surface area contributed by atoms with Gasteiger partial charge in [0.15, 0.2) is 0 Å². The monoisotopic (exact) mass is 471 g/mol. The number of carboxylic acid groups (broad SMARTS) is 1. The van der Waals surface area contributed by atoms with Crippen molar-refractivity contribution in [2.45, 2.75) is 71.1 Å². The third-order valence-corrected chi connectivity index (χ3v) is 10.4. The summed E-state index contributed by atoms with van der Waals surface area (Å²) in [4.78, 5) is 23.7. The fourth-order valence-corrected chi connectivity index (χ4v) is 8.56. The van der Waals surface area contributed by atoms with Gasteiger partial charge in [-0.2, -0.15) is 0 Å². The molecule has 0 fully saturated rings. The third kappa shape index (κ3) is 7.44. The quantitative estimate of drug-likeness (QED) is 0.532. The molecule has 6 nitrogen and oxygen atoms in total. The third-order valence-electron chi connectivity index (χ3n) is 5.35. The second-order valence-electron chi connectivity index (χ2n) is 10.2. The number of carbonyl (C=O) groups is 2. The van der Waals surface area contributed by atoms with Gasteiger partial charge in [0, 0.05) is 6.42 Å². The minimum absolute atomic E-state index is 0.0788. The molecule has 0 unspecified atom stereocenters. The second-order valence-corrected chi connectivity index (χ2v) is 14.6. The van der Waals surface area contributed by atoms with Gasteiger partial charge < -0.3 is 19.6 Å². The lowest BCUT2D eigenvalue weighted by molar-refractivity contribution is -0.137. The lowest BCUT2D eigenvalue weighted by atomic mass is 10.1. The first-order chi connectivity index (χ1) is 15.3. The molecule has 0 aliphatic rings. The van der Waals surface area contributed by atoms with Crippen LogP contribution in [0.2, 0.25) is 5.04 Å². The van der Waals surface area contributed by atoms with Gasteiger partial charge in [0.25, 0.3) is 8.32 Å². The van der Waals surface area contributed by atoms with Crippen LogP contribution in [-0.2, 0) is 14.0 Å². The Morgan fingerprint density at radius 1 is 0.909 bits per heavy atom. The van der Waals surface area contributed by atoms with E-state index in [9.17, 15) is 14.7 Å². The lowest BCUT2D eigenvalue weighted by Gasteiger charge is -2.43. The highest BCUT2D eigenvalue weighted by atomic mass is 28.4. The molecular weight excluding hydrogens is 434 g/mol. The van der Waals surface area contributed by atoms with Gasteiger partial charge in [0.1, 0.15) is 5.60 Å². The SMILES string of the molecule is CC(C)(C)OC(=O)N[C@@H](CCC(=O)O)CO[Si](c1ccccc1)(c1ccccc1)C(C)(C)C. The molecule has 33 heavy (non-hydrogen) atoms. The Bertz CT molecular complexity index is 864. The van der Waals surface area contributed by atoms with Crippen LogP contribution < -0.4 is 15.7 Å². The number of carboxylic acids is 1. The molecule has 1 amide bonds. The maximum atomic E-state index is 12.5. The van der Waals surface area contributed by atoms with E-state index in [1.165, 1.54) is 0 Å². The molecular formula is C26H37NO5Si. The van der Waals surface area contributed by atoms with Gasteiger partial charge >= 0.3 is 12.1 Å². The van der Waals surface area contributed by atoms with E-state index < -0.39 is 32.0 Å². The molecule has 0 saturated heterocycles. The van der Waals surface area contributed by atoms with Crippen LogP contribution in [0.4, 0.5) is 4.79 Å². The van der Waals surface area contributed by atoms with E-state index in [2.05, 4.69) is 50.4 Å². The molecule has 7 heteroatoms. The van der Waals surface area contributed by atoms with Crippen LogP contribution in [0.3, 0.4) is 0 Å². The fraction of sp³-hybridized carbons (Fsp3) is 0.462. The van der Waals surface area contributed by atoms with Crippen LogP contribution >= 0.6 is 0 Å². The standard InChI is InChI=1S/C26H37NO5Si/c1-25(2,3)32-24(30)27-20(17-18-23(28)29)19-31-33(26(4,5)6,21-13-9-7-10-14-21)22-15-11-8-12-16-22/h7-16,20H,17-19H2,1-6H3,(H,27,30)(H,28,29)/t20-/m0/s1. The maximum absolute atomic E-state index is 12.5. The highest BCUT2D eigenvalue weighted by molar-refractivity contribution is 6.99. The van der Waals surface area contributed by atoms with Crippen molar-refractivity contribution in [1.29, 1.82) is 0 Å². The van der Waals surface area contributed by atoms with Crippen LogP contribution in [0.5, 0.6) is 0 Å². The summed E-state index contributed by atoms with van der Waals surface area (Å²) in [5.74, 6) is -0.920. The molecule has 180 valence electrons. The van der Waals surface area contributed by atoms with Gasteiger partial charge in [0.2, 0.25) is 0 Å². The zero-order chi connectivity index (χ0) is 24.7. The van der Waals surface area contributed by atoms with Crippen molar-refractivity contribution in [1.82, 2.24) is 5.32 Å². The molecule has 2 rings (SSSR count). The van der Waals surface area contributed by atoms with Gasteiger partial charge in [-0.3, -0.25) is 4.79 Å². The summed E-state index contributed by atoms with van der Waals surface area (Å²) >= 11 is 0. The van der Waals surface area contributed by atoms with Crippen molar-refractivity contribution in [2.75, 3.05) is 6.61 Å². The predicted octanol–water partition coefficient (Wildman–Crippen LogP) is 4.32. The van der Waals surface area contributed by atoms with Crippen LogP contribution in [0.15, 0.2) is 60.7 Å². The number of hydrogen-bond acceptors (Lipinski definition) is 4. The number of rotatable bonds is 9. The first kappa shape index (κ1) is 26.6. The van der Waals surface area contributed by atoms with E-state index in [4.69, 9.17) is 9.16 Å². The van der Waals surface area contributed by atoms with E-state index >= 15 is 0 Å². The number of aliphatic carboxylic acids is 1. The Labute approximate surface area is 198 Å². The number of benzene rings is 2. The molecule has 0 bridgehead atoms. The van der Waals surface area contributed by atoms with Crippen LogP contribution in [0.25, 0.3) is 0 Å². The van der Waals surface area contributed by atoms with E-state index in [0.717, 1.165) is 10.4 Å². The van der Waals surface area contributed by atoms with Gasteiger partial charge in [-0.05, 0) is 42.6 Å². The highest BCUT2D eigenvalue weighted by Gasteiger charge is 2.50. The molecule has 0 spiro atoms. The molecule has 0 radical (unpaired) electrons. The van der Waals surface area contributed by atoms with Crippen molar-refractivity contribution in [3.8, 4) is 0 Å². The zero-order valence-electron chi connectivity index (χ0n) is 20.6. The van der Waals surface area contributed by atoms with E-state index in [0.29, 0.717) is 0 Å². The number of alkyl carbamates (subject to hydrolysis) is 1. The van der Waals surface area contributed by atoms with Crippen molar-refractivity contribution in [2.24, 2.45) is 0 Å². The average molecular weight is 472 g/mol. The highest BCUT2D eigenvalue weighted by Crippen LogP contribution is 2.36. The van der Waals surface area contributed by atoms with Crippen molar-refractivity contribution in [3.05, 3.63) is 60.7 Å². The lowest BCUT2D eigenvalue weighted by Crippen LogP contribution is -2.67. The van der Waals surface area contributed by atoms with Crippen LogP contribution in [-0.4, -0.2) is 43.7 Å². The first-order valence-electron chi connectivity index (χ1n) is 11.3. The van der Waals surface area contributed by atoms with E-state index in [-0.39, 0.29) is 24.5 Å². The van der Waals surface area contributed by atoms with Crippen molar-refractivity contribution < 1.29 is 23.9 Å². The molecule has 0 aliphatic heterocycles. The summed E-state index contributed by atoms with van der Waals surface area (Å²) in [6, 6.07) is 19.9. The molecule has 2 N–H and O–H groups in total. The number of amides is 1. The second kappa shape index (κ2) is 11.0. The average Bonchev–Trinajstić information content (AvgIpc) is 2.71. The number of hydrogen-bond donors (Lipinski definition) is 2. The van der Waals surface area contributed by atoms with Crippen molar-refractivity contribution >= 4 is 30.8 Å². The van der Waals surface area contributed by atoms with E-state index in [1.54, 1.807) is 20.8 Å². The Morgan fingerprint density at radius 2 is 1.39 bits per heavy atom. The molecule has 2 aromatic rings. The minimum Gasteiger partial charge on any atom is -0.481 e. The van der Waals surface area contributed by atoms with Gasteiger partial charge in [-0.25, -0.2) is 4.79 Å². The Hall–Kier alpha value is -2.64. The number of ether oxygens (including phenoxy) is 1. The summed E-state index contributed by atoms with van der Waals surface area (Å²) in [7, 11) is -2.81. The smallest absolute Gasteiger partial charge is 0.407 e. The first-order valence-corrected chi connectivity index (χ1v) is 13.2. The van der Waals surface area contributed by atoms with E-state index in [1.807, 2.05) is 36.4 Å². The Morgan fingerprint density at radius 3 is 1.79 bits per heavy atom. The summed E-state index contributed by atoms with van der Waals surface area (Å²) in [5.41, 5.74) is -0.652. The fourth-order valence-electron chi connectivity index (χ4n) is 3.96. The summed E-state index contributed by atoms with van der Waals surface area (Å²) in [6.07, 6.45) is -0.416. The normalized spacial score (nSPS) is 13.3. The zero-order valence-corrected chi connectivity index (χ0v) is 21.6. The molecule has 0 aliphatic carbocycles. The largest absolute Gasteiger partial charge is 0.481 e. The predicted molar refractivity (Wildman–Crippen MR) is 134 cm³/mol. The summed E-state index contributed by atoms with van der Waals surface area (Å²) < 4.78 is 12.3. The molecule has 0 aromatic heterocycles. The molecule has 1 atom stereocenters. The summed E-state index contributed by atoms with van der Waals surface area (Å²) in [5, 5.41) is 14.1. The Balaban J connectivity index is 2.42. The van der Waals surface area contributed by atoms with Crippen LogP contribution in [0, 0.1) is 0 Å². The maximum Gasteiger partial charge on any atom is 0.407 e. The van der Waals surface area contributed by atoms with Gasteiger partial charge in [-0.1, -0.05) is 81.4 Å². The van der Waals surface area contributed by atoms with Crippen molar-refractivity contribution in [3.63, 3.8) is 0 Å². The minimum atomic E-state index is -2.81. The number of nitrogens with one attached hydrogen (secondary N) is 1. The topological polar surface area (TPSA) is 84.9 Å².